The minimum atomic E-state index is -3.86. The molecule has 1 fully saturated rings. The zero-order chi connectivity index (χ0) is 23.6. The SMILES string of the molecule is CCOC(=O)[C@@H]1CCCN(c2c(S(=O)(=O)c3ccc(C)cc3)cnc3ccc(OC)cc23)C1. The highest BCUT2D eigenvalue weighted by Crippen LogP contribution is 2.39. The number of rotatable bonds is 6. The van der Waals surface area contributed by atoms with Crippen LogP contribution in [-0.2, 0) is 19.4 Å². The van der Waals surface area contributed by atoms with Gasteiger partial charge in [0.2, 0.25) is 9.84 Å². The van der Waals surface area contributed by atoms with Crippen molar-refractivity contribution in [2.75, 3.05) is 31.7 Å². The number of aromatic nitrogens is 1. The Morgan fingerprint density at radius 1 is 1.18 bits per heavy atom. The Bertz CT molecular complexity index is 1270. The fourth-order valence-electron chi connectivity index (χ4n) is 4.27. The largest absolute Gasteiger partial charge is 0.497 e. The molecule has 8 heteroatoms. The minimum Gasteiger partial charge on any atom is -0.497 e. The van der Waals surface area contributed by atoms with E-state index < -0.39 is 9.84 Å². The highest BCUT2D eigenvalue weighted by Gasteiger charge is 2.32. The summed E-state index contributed by atoms with van der Waals surface area (Å²) in [6.07, 6.45) is 2.89. The van der Waals surface area contributed by atoms with E-state index >= 15 is 0 Å². The summed E-state index contributed by atoms with van der Waals surface area (Å²) in [6.45, 7) is 5.02. The van der Waals surface area contributed by atoms with E-state index in [2.05, 4.69) is 4.98 Å². The van der Waals surface area contributed by atoms with Crippen molar-refractivity contribution in [3.63, 3.8) is 0 Å². The predicted octanol–water partition coefficient (Wildman–Crippen LogP) is 4.16. The number of anilines is 1. The molecule has 1 aliphatic rings. The Kier molecular flexibility index (Phi) is 6.56. The van der Waals surface area contributed by atoms with Crippen molar-refractivity contribution >= 4 is 32.4 Å². The number of piperidine rings is 1. The highest BCUT2D eigenvalue weighted by molar-refractivity contribution is 7.91. The Hall–Kier alpha value is -3.13. The first-order chi connectivity index (χ1) is 15.8. The zero-order valence-electron chi connectivity index (χ0n) is 19.1. The van der Waals surface area contributed by atoms with Crippen LogP contribution in [0.1, 0.15) is 25.3 Å². The van der Waals surface area contributed by atoms with Crippen LogP contribution in [0.4, 0.5) is 5.69 Å². The molecule has 1 saturated heterocycles. The summed E-state index contributed by atoms with van der Waals surface area (Å²) in [6, 6.07) is 12.2. The molecule has 1 aromatic heterocycles. The number of pyridine rings is 1. The van der Waals surface area contributed by atoms with Crippen molar-refractivity contribution in [3.8, 4) is 5.75 Å². The first kappa shape index (κ1) is 23.0. The molecule has 3 aromatic rings. The first-order valence-electron chi connectivity index (χ1n) is 11.0. The maximum atomic E-state index is 13.7. The molecule has 0 aliphatic carbocycles. The Morgan fingerprint density at radius 3 is 2.64 bits per heavy atom. The normalized spacial score (nSPS) is 16.6. The predicted molar refractivity (Wildman–Crippen MR) is 126 cm³/mol. The molecule has 7 nitrogen and oxygen atoms in total. The summed E-state index contributed by atoms with van der Waals surface area (Å²) in [5.74, 6) is 0.0397. The molecule has 1 aliphatic heterocycles. The monoisotopic (exact) mass is 468 g/mol. The van der Waals surface area contributed by atoms with E-state index in [4.69, 9.17) is 9.47 Å². The molecule has 0 saturated carbocycles. The Balaban J connectivity index is 1.90. The maximum Gasteiger partial charge on any atom is 0.310 e. The van der Waals surface area contributed by atoms with Crippen molar-refractivity contribution < 1.29 is 22.7 Å². The molecular weight excluding hydrogens is 440 g/mol. The number of sulfone groups is 1. The van der Waals surface area contributed by atoms with E-state index in [1.165, 1.54) is 6.20 Å². The smallest absolute Gasteiger partial charge is 0.310 e. The molecule has 0 radical (unpaired) electrons. The van der Waals surface area contributed by atoms with Gasteiger partial charge in [0.15, 0.2) is 0 Å². The van der Waals surface area contributed by atoms with E-state index in [0.29, 0.717) is 48.5 Å². The second kappa shape index (κ2) is 9.39. The van der Waals surface area contributed by atoms with Gasteiger partial charge in [-0.2, -0.15) is 0 Å². The third-order valence-corrected chi connectivity index (χ3v) is 7.76. The molecule has 2 aromatic carbocycles. The minimum absolute atomic E-state index is 0.122. The van der Waals surface area contributed by atoms with Crippen molar-refractivity contribution in [2.45, 2.75) is 36.5 Å². The van der Waals surface area contributed by atoms with Gasteiger partial charge in [-0.05, 0) is 57.0 Å². The average molecular weight is 469 g/mol. The van der Waals surface area contributed by atoms with E-state index in [1.54, 1.807) is 50.4 Å². The number of carbonyl (C=O) groups is 1. The van der Waals surface area contributed by atoms with E-state index in [-0.39, 0.29) is 21.7 Å². The van der Waals surface area contributed by atoms with Gasteiger partial charge >= 0.3 is 5.97 Å². The van der Waals surface area contributed by atoms with Crippen LogP contribution in [0.2, 0.25) is 0 Å². The van der Waals surface area contributed by atoms with Crippen molar-refractivity contribution in [1.82, 2.24) is 4.98 Å². The van der Waals surface area contributed by atoms with Gasteiger partial charge in [-0.25, -0.2) is 8.42 Å². The Morgan fingerprint density at radius 2 is 1.94 bits per heavy atom. The first-order valence-corrected chi connectivity index (χ1v) is 12.5. The van der Waals surface area contributed by atoms with Crippen LogP contribution in [-0.4, -0.2) is 46.2 Å². The molecule has 0 unspecified atom stereocenters. The third-order valence-electron chi connectivity index (χ3n) is 5.99. The molecule has 0 N–H and O–H groups in total. The molecule has 2 heterocycles. The van der Waals surface area contributed by atoms with Gasteiger partial charge in [-0.15, -0.1) is 0 Å². The number of fused-ring (bicyclic) bond motifs is 1. The van der Waals surface area contributed by atoms with Crippen molar-refractivity contribution in [3.05, 3.63) is 54.2 Å². The topological polar surface area (TPSA) is 85.8 Å². The second-order valence-electron chi connectivity index (χ2n) is 8.21. The van der Waals surface area contributed by atoms with Gasteiger partial charge in [-0.1, -0.05) is 17.7 Å². The molecule has 0 amide bonds. The third kappa shape index (κ3) is 4.53. The number of nitrogens with zero attached hydrogens (tertiary/aromatic N) is 2. The van der Waals surface area contributed by atoms with Crippen molar-refractivity contribution in [1.29, 1.82) is 0 Å². The summed E-state index contributed by atoms with van der Waals surface area (Å²) >= 11 is 0. The number of aryl methyl sites for hydroxylation is 1. The van der Waals surface area contributed by atoms with Crippen LogP contribution in [0.15, 0.2) is 58.5 Å². The van der Waals surface area contributed by atoms with Crippen molar-refractivity contribution in [2.24, 2.45) is 5.92 Å². The van der Waals surface area contributed by atoms with Crippen LogP contribution >= 0.6 is 0 Å². The second-order valence-corrected chi connectivity index (χ2v) is 10.1. The van der Waals surface area contributed by atoms with Gasteiger partial charge in [0.25, 0.3) is 0 Å². The number of benzene rings is 2. The average Bonchev–Trinajstić information content (AvgIpc) is 2.83. The van der Waals surface area contributed by atoms with Gasteiger partial charge in [0.1, 0.15) is 10.6 Å². The maximum absolute atomic E-state index is 13.7. The zero-order valence-corrected chi connectivity index (χ0v) is 19.9. The van der Waals surface area contributed by atoms with Gasteiger partial charge in [-0.3, -0.25) is 9.78 Å². The van der Waals surface area contributed by atoms with Gasteiger partial charge in [0.05, 0.1) is 35.7 Å². The van der Waals surface area contributed by atoms with Gasteiger partial charge in [0, 0.05) is 24.7 Å². The molecule has 1 atom stereocenters. The van der Waals surface area contributed by atoms with E-state index in [9.17, 15) is 13.2 Å². The summed E-state index contributed by atoms with van der Waals surface area (Å²) in [5.41, 5.74) is 2.18. The molecule has 0 bridgehead atoms. The van der Waals surface area contributed by atoms with Crippen LogP contribution in [0.3, 0.4) is 0 Å². The lowest BCUT2D eigenvalue weighted by molar-refractivity contribution is -0.148. The van der Waals surface area contributed by atoms with E-state index in [1.807, 2.05) is 17.9 Å². The summed E-state index contributed by atoms with van der Waals surface area (Å²) in [5, 5.41) is 0.673. The standard InChI is InChI=1S/C25H28N2O5S/c1-4-32-25(28)18-6-5-13-27(16-18)24-21-14-19(31-3)9-12-22(21)26-15-23(24)33(29,30)20-10-7-17(2)8-11-20/h7-12,14-15,18H,4-6,13,16H2,1-3H3/t18-/m1/s1. The highest BCUT2D eigenvalue weighted by atomic mass is 32.2. The summed E-state index contributed by atoms with van der Waals surface area (Å²) < 4.78 is 38.1. The number of ether oxygens (including phenoxy) is 2. The van der Waals surface area contributed by atoms with Crippen LogP contribution in [0.5, 0.6) is 5.75 Å². The number of methoxy groups -OCH3 is 1. The lowest BCUT2D eigenvalue weighted by Gasteiger charge is -2.35. The number of hydrogen-bond acceptors (Lipinski definition) is 7. The lowest BCUT2D eigenvalue weighted by atomic mass is 9.97. The van der Waals surface area contributed by atoms with Gasteiger partial charge < -0.3 is 14.4 Å². The fourth-order valence-corrected chi connectivity index (χ4v) is 5.70. The van der Waals surface area contributed by atoms with E-state index in [0.717, 1.165) is 12.0 Å². The fraction of sp³-hybridized carbons (Fsp3) is 0.360. The van der Waals surface area contributed by atoms with Crippen LogP contribution < -0.4 is 9.64 Å². The molecular formula is C25H28N2O5S. The number of hydrogen-bond donors (Lipinski definition) is 0. The summed E-state index contributed by atoms with van der Waals surface area (Å²) in [7, 11) is -2.29. The van der Waals surface area contributed by atoms with Crippen LogP contribution in [0.25, 0.3) is 10.9 Å². The Labute approximate surface area is 194 Å². The van der Waals surface area contributed by atoms with Crippen LogP contribution in [0, 0.1) is 12.8 Å². The molecule has 4 rings (SSSR count). The molecule has 0 spiro atoms. The lowest BCUT2D eigenvalue weighted by Crippen LogP contribution is -2.40. The molecule has 33 heavy (non-hydrogen) atoms. The quantitative estimate of drug-likeness (QED) is 0.502. The molecule has 174 valence electrons. The number of esters is 1. The summed E-state index contributed by atoms with van der Waals surface area (Å²) in [4.78, 5) is 19.2. The number of carbonyl (C=O) groups excluding carboxylic acids is 1.